The van der Waals surface area contributed by atoms with Crippen molar-refractivity contribution in [2.45, 2.75) is 11.8 Å². The fourth-order valence-corrected chi connectivity index (χ4v) is 2.90. The molecule has 0 fully saturated rings. The average Bonchev–Trinajstić information content (AvgIpc) is 2.41. The summed E-state index contributed by atoms with van der Waals surface area (Å²) in [6, 6.07) is 11.9. The zero-order valence-electron chi connectivity index (χ0n) is 10.6. The summed E-state index contributed by atoms with van der Waals surface area (Å²) >= 11 is 0. The van der Waals surface area contributed by atoms with E-state index in [1.54, 1.807) is 24.3 Å². The second-order valence-electron chi connectivity index (χ2n) is 4.20. The van der Waals surface area contributed by atoms with Crippen LogP contribution in [0.15, 0.2) is 53.4 Å². The molecule has 0 heterocycles. The zero-order chi connectivity index (χ0) is 14.8. The lowest BCUT2D eigenvalue weighted by molar-refractivity contribution is -0.387. The molecular weight excluding hydrogens is 280 g/mol. The minimum atomic E-state index is -3.99. The summed E-state index contributed by atoms with van der Waals surface area (Å²) in [5, 5.41) is 10.9. The molecular formula is C13H12N2O4S. The highest BCUT2D eigenvalue weighted by molar-refractivity contribution is 7.92. The van der Waals surface area contributed by atoms with Gasteiger partial charge in [0.25, 0.3) is 15.7 Å². The van der Waals surface area contributed by atoms with Crippen molar-refractivity contribution in [1.29, 1.82) is 0 Å². The Morgan fingerprint density at radius 3 is 2.25 bits per heavy atom. The molecule has 2 aromatic rings. The normalized spacial score (nSPS) is 11.1. The van der Waals surface area contributed by atoms with Gasteiger partial charge in [0.05, 0.1) is 4.92 Å². The third-order valence-corrected chi connectivity index (χ3v) is 4.08. The second kappa shape index (κ2) is 5.30. The van der Waals surface area contributed by atoms with E-state index in [0.717, 1.165) is 11.6 Å². The lowest BCUT2D eigenvalue weighted by Gasteiger charge is -2.08. The average molecular weight is 292 g/mol. The smallest absolute Gasteiger partial charge is 0.279 e. The van der Waals surface area contributed by atoms with E-state index in [9.17, 15) is 18.5 Å². The third kappa shape index (κ3) is 2.94. The number of anilines is 1. The maximum atomic E-state index is 12.2. The van der Waals surface area contributed by atoms with Gasteiger partial charge in [-0.3, -0.25) is 14.8 Å². The van der Waals surface area contributed by atoms with Crippen molar-refractivity contribution in [3.05, 3.63) is 64.2 Å². The molecule has 2 aromatic carbocycles. The molecule has 2 rings (SSSR count). The SMILES string of the molecule is Cc1ccc(NS(=O)(=O)c2ccccc2[N+](=O)[O-])cc1. The van der Waals surface area contributed by atoms with Crippen LogP contribution >= 0.6 is 0 Å². The van der Waals surface area contributed by atoms with Crippen molar-refractivity contribution in [2.24, 2.45) is 0 Å². The number of rotatable bonds is 4. The number of benzene rings is 2. The van der Waals surface area contributed by atoms with E-state index in [1.807, 2.05) is 6.92 Å². The molecule has 0 radical (unpaired) electrons. The van der Waals surface area contributed by atoms with Crippen molar-refractivity contribution in [3.8, 4) is 0 Å². The van der Waals surface area contributed by atoms with E-state index >= 15 is 0 Å². The van der Waals surface area contributed by atoms with Crippen molar-refractivity contribution >= 4 is 21.4 Å². The molecule has 6 nitrogen and oxygen atoms in total. The molecule has 0 bridgehead atoms. The van der Waals surface area contributed by atoms with Gasteiger partial charge in [0, 0.05) is 11.8 Å². The van der Waals surface area contributed by atoms with Crippen molar-refractivity contribution < 1.29 is 13.3 Å². The molecule has 0 saturated carbocycles. The van der Waals surface area contributed by atoms with Gasteiger partial charge in [0.2, 0.25) is 0 Å². The summed E-state index contributed by atoms with van der Waals surface area (Å²) < 4.78 is 26.7. The van der Waals surface area contributed by atoms with E-state index in [0.29, 0.717) is 5.69 Å². The minimum Gasteiger partial charge on any atom is -0.279 e. The summed E-state index contributed by atoms with van der Waals surface area (Å²) in [6.45, 7) is 1.88. The van der Waals surface area contributed by atoms with Crippen LogP contribution in [0.3, 0.4) is 0 Å². The lowest BCUT2D eigenvalue weighted by Crippen LogP contribution is -2.14. The summed E-state index contributed by atoms with van der Waals surface area (Å²) in [7, 11) is -3.99. The first-order valence-electron chi connectivity index (χ1n) is 5.73. The Morgan fingerprint density at radius 1 is 1.05 bits per heavy atom. The van der Waals surface area contributed by atoms with Crippen molar-refractivity contribution in [3.63, 3.8) is 0 Å². The maximum Gasteiger partial charge on any atom is 0.289 e. The van der Waals surface area contributed by atoms with Crippen LogP contribution in [-0.4, -0.2) is 13.3 Å². The van der Waals surface area contributed by atoms with E-state index in [4.69, 9.17) is 0 Å². The Bertz CT molecular complexity index is 739. The predicted molar refractivity (Wildman–Crippen MR) is 75.1 cm³/mol. The van der Waals surface area contributed by atoms with Gasteiger partial charge in [-0.25, -0.2) is 8.42 Å². The quantitative estimate of drug-likeness (QED) is 0.693. The number of nitro benzene ring substituents is 1. The van der Waals surface area contributed by atoms with Crippen LogP contribution in [0, 0.1) is 17.0 Å². The van der Waals surface area contributed by atoms with Crippen molar-refractivity contribution in [2.75, 3.05) is 4.72 Å². The van der Waals surface area contributed by atoms with Crippen LogP contribution in [0.4, 0.5) is 11.4 Å². The fraction of sp³-hybridized carbons (Fsp3) is 0.0769. The molecule has 0 saturated heterocycles. The summed E-state index contributed by atoms with van der Waals surface area (Å²) in [6.07, 6.45) is 0. The van der Waals surface area contributed by atoms with E-state index in [1.165, 1.54) is 18.2 Å². The van der Waals surface area contributed by atoms with Gasteiger partial charge >= 0.3 is 0 Å². The molecule has 0 amide bonds. The summed E-state index contributed by atoms with van der Waals surface area (Å²) in [5.74, 6) is 0. The van der Waals surface area contributed by atoms with Gasteiger partial charge in [-0.1, -0.05) is 29.8 Å². The first-order chi connectivity index (χ1) is 9.40. The standard InChI is InChI=1S/C13H12N2O4S/c1-10-6-8-11(9-7-10)14-20(18,19)13-5-3-2-4-12(13)15(16)17/h2-9,14H,1H3. The number of hydrogen-bond acceptors (Lipinski definition) is 4. The number of nitro groups is 1. The number of para-hydroxylation sites is 1. The Hall–Kier alpha value is -2.41. The van der Waals surface area contributed by atoms with Crippen LogP contribution < -0.4 is 4.72 Å². The highest BCUT2D eigenvalue weighted by atomic mass is 32.2. The molecule has 20 heavy (non-hydrogen) atoms. The highest BCUT2D eigenvalue weighted by Crippen LogP contribution is 2.25. The Labute approximate surface area is 116 Å². The molecule has 0 spiro atoms. The maximum absolute atomic E-state index is 12.2. The summed E-state index contributed by atoms with van der Waals surface area (Å²) in [5.41, 5.74) is 0.888. The fourth-order valence-electron chi connectivity index (χ4n) is 1.67. The van der Waals surface area contributed by atoms with E-state index in [-0.39, 0.29) is 4.90 Å². The first kappa shape index (κ1) is 14.0. The number of sulfonamides is 1. The second-order valence-corrected chi connectivity index (χ2v) is 5.85. The molecule has 0 aromatic heterocycles. The molecule has 7 heteroatoms. The van der Waals surface area contributed by atoms with Gasteiger partial charge in [0.15, 0.2) is 4.90 Å². The van der Waals surface area contributed by atoms with Gasteiger partial charge in [-0.05, 0) is 25.1 Å². The van der Waals surface area contributed by atoms with Gasteiger partial charge < -0.3 is 0 Å². The van der Waals surface area contributed by atoms with Crippen LogP contribution in [0.5, 0.6) is 0 Å². The first-order valence-corrected chi connectivity index (χ1v) is 7.21. The van der Waals surface area contributed by atoms with Gasteiger partial charge in [-0.2, -0.15) is 0 Å². The summed E-state index contributed by atoms with van der Waals surface area (Å²) in [4.78, 5) is 9.80. The molecule has 0 aliphatic heterocycles. The highest BCUT2D eigenvalue weighted by Gasteiger charge is 2.24. The lowest BCUT2D eigenvalue weighted by atomic mass is 10.2. The molecule has 0 atom stereocenters. The zero-order valence-corrected chi connectivity index (χ0v) is 11.4. The third-order valence-electron chi connectivity index (χ3n) is 2.66. The molecule has 104 valence electrons. The number of nitrogens with one attached hydrogen (secondary N) is 1. The predicted octanol–water partition coefficient (Wildman–Crippen LogP) is 2.70. The van der Waals surface area contributed by atoms with Crippen LogP contribution in [0.25, 0.3) is 0 Å². The topological polar surface area (TPSA) is 89.3 Å². The minimum absolute atomic E-state index is 0.355. The van der Waals surface area contributed by atoms with Crippen LogP contribution in [0.1, 0.15) is 5.56 Å². The van der Waals surface area contributed by atoms with Gasteiger partial charge in [0.1, 0.15) is 0 Å². The van der Waals surface area contributed by atoms with Crippen molar-refractivity contribution in [1.82, 2.24) is 0 Å². The van der Waals surface area contributed by atoms with Crippen LogP contribution in [0.2, 0.25) is 0 Å². The Morgan fingerprint density at radius 2 is 1.65 bits per heavy atom. The molecule has 0 aliphatic rings. The number of nitrogens with zero attached hydrogens (tertiary/aromatic N) is 1. The Kier molecular flexibility index (Phi) is 3.71. The van der Waals surface area contributed by atoms with E-state index < -0.39 is 20.6 Å². The molecule has 0 aliphatic carbocycles. The molecule has 1 N–H and O–H groups in total. The van der Waals surface area contributed by atoms with E-state index in [2.05, 4.69) is 4.72 Å². The van der Waals surface area contributed by atoms with Crippen LogP contribution in [-0.2, 0) is 10.0 Å². The number of hydrogen-bond donors (Lipinski definition) is 1. The monoisotopic (exact) mass is 292 g/mol. The molecule has 0 unspecified atom stereocenters. The van der Waals surface area contributed by atoms with Gasteiger partial charge in [-0.15, -0.1) is 0 Å². The number of aryl methyl sites for hydroxylation is 1. The largest absolute Gasteiger partial charge is 0.289 e. The Balaban J connectivity index is 2.41.